The fourth-order valence-corrected chi connectivity index (χ4v) is 2.23. The van der Waals surface area contributed by atoms with Crippen LogP contribution >= 0.6 is 11.8 Å². The van der Waals surface area contributed by atoms with Gasteiger partial charge in [0.05, 0.1) is 0 Å². The van der Waals surface area contributed by atoms with Gasteiger partial charge in [0.15, 0.2) is 0 Å². The molecule has 0 atom stereocenters. The van der Waals surface area contributed by atoms with Gasteiger partial charge in [-0.3, -0.25) is 0 Å². The lowest BCUT2D eigenvalue weighted by atomic mass is 10.1. The van der Waals surface area contributed by atoms with Gasteiger partial charge in [-0.2, -0.15) is 0 Å². The Kier molecular flexibility index (Phi) is 3.75. The first-order valence-electron chi connectivity index (χ1n) is 4.49. The summed E-state index contributed by atoms with van der Waals surface area (Å²) >= 11 is 1.76. The average Bonchev–Trinajstić information content (AvgIpc) is 2.04. The molecule has 0 aliphatic carbocycles. The van der Waals surface area contributed by atoms with E-state index in [-0.39, 0.29) is 0 Å². The van der Waals surface area contributed by atoms with Crippen LogP contribution in [0.1, 0.15) is 23.7 Å². The van der Waals surface area contributed by atoms with Crippen LogP contribution in [0.2, 0.25) is 0 Å². The first kappa shape index (κ1) is 10.5. The molecule has 0 bridgehead atoms. The Balaban J connectivity index is 3.13. The van der Waals surface area contributed by atoms with Crippen molar-refractivity contribution in [2.45, 2.75) is 32.3 Å². The smallest absolute Gasteiger partial charge is 0.101 e. The summed E-state index contributed by atoms with van der Waals surface area (Å²) in [6, 6.07) is 2.09. The molecule has 0 saturated heterocycles. The molecule has 0 unspecified atom stereocenters. The minimum absolute atomic E-state index is 0.585. The molecule has 2 N–H and O–H groups in total. The molecule has 72 valence electrons. The molecule has 2 nitrogen and oxygen atoms in total. The zero-order valence-corrected chi connectivity index (χ0v) is 9.24. The Hall–Kier alpha value is -0.540. The number of hydrogen-bond donors (Lipinski definition) is 1. The second-order valence-corrected chi connectivity index (χ2v) is 4.25. The van der Waals surface area contributed by atoms with Gasteiger partial charge in [0.1, 0.15) is 5.03 Å². The number of pyridine rings is 1. The van der Waals surface area contributed by atoms with E-state index in [4.69, 9.17) is 5.73 Å². The molecule has 0 radical (unpaired) electrons. The summed E-state index contributed by atoms with van der Waals surface area (Å²) in [6.07, 6.45) is 0. The van der Waals surface area contributed by atoms with Crippen LogP contribution in [0.4, 0.5) is 0 Å². The van der Waals surface area contributed by atoms with Crippen molar-refractivity contribution in [2.75, 3.05) is 5.75 Å². The Morgan fingerprint density at radius 1 is 1.46 bits per heavy atom. The van der Waals surface area contributed by atoms with Crippen molar-refractivity contribution < 1.29 is 0 Å². The number of nitrogens with two attached hydrogens (primary N) is 1. The lowest BCUT2D eigenvalue weighted by Crippen LogP contribution is -2.04. The number of nitrogens with zero attached hydrogens (tertiary/aromatic N) is 1. The van der Waals surface area contributed by atoms with E-state index < -0.39 is 0 Å². The Bertz CT molecular complexity index is 297. The largest absolute Gasteiger partial charge is 0.326 e. The molecule has 0 spiro atoms. The molecule has 1 rings (SSSR count). The lowest BCUT2D eigenvalue weighted by Gasteiger charge is -2.09. The number of rotatable bonds is 3. The van der Waals surface area contributed by atoms with Crippen molar-refractivity contribution in [3.05, 3.63) is 22.9 Å². The van der Waals surface area contributed by atoms with Crippen LogP contribution in [-0.2, 0) is 6.54 Å². The van der Waals surface area contributed by atoms with Gasteiger partial charge in [-0.25, -0.2) is 4.98 Å². The molecule has 0 fully saturated rings. The van der Waals surface area contributed by atoms with E-state index >= 15 is 0 Å². The zero-order chi connectivity index (χ0) is 9.84. The van der Waals surface area contributed by atoms with Gasteiger partial charge in [-0.1, -0.05) is 6.92 Å². The van der Waals surface area contributed by atoms with Gasteiger partial charge in [-0.15, -0.1) is 11.8 Å². The summed E-state index contributed by atoms with van der Waals surface area (Å²) in [6.45, 7) is 6.83. The van der Waals surface area contributed by atoms with Gasteiger partial charge in [0.25, 0.3) is 0 Å². The van der Waals surface area contributed by atoms with Gasteiger partial charge < -0.3 is 5.73 Å². The van der Waals surface area contributed by atoms with E-state index in [1.807, 2.05) is 6.92 Å². The minimum atomic E-state index is 0.585. The fraction of sp³-hybridized carbons (Fsp3) is 0.500. The van der Waals surface area contributed by atoms with Crippen molar-refractivity contribution in [3.8, 4) is 0 Å². The second-order valence-electron chi connectivity index (χ2n) is 3.00. The van der Waals surface area contributed by atoms with Gasteiger partial charge in [-0.05, 0) is 31.2 Å². The molecule has 0 aliphatic rings. The normalized spacial score (nSPS) is 10.5. The summed E-state index contributed by atoms with van der Waals surface area (Å²) in [4.78, 5) is 4.48. The second kappa shape index (κ2) is 4.63. The third kappa shape index (κ3) is 2.45. The average molecular weight is 196 g/mol. The van der Waals surface area contributed by atoms with Crippen LogP contribution in [0.3, 0.4) is 0 Å². The summed E-state index contributed by atoms with van der Waals surface area (Å²) in [7, 11) is 0. The summed E-state index contributed by atoms with van der Waals surface area (Å²) in [5.41, 5.74) is 9.20. The van der Waals surface area contributed by atoms with Crippen molar-refractivity contribution >= 4 is 11.8 Å². The highest BCUT2D eigenvalue weighted by Crippen LogP contribution is 2.23. The van der Waals surface area contributed by atoms with Crippen LogP contribution in [-0.4, -0.2) is 10.7 Å². The summed E-state index contributed by atoms with van der Waals surface area (Å²) in [5, 5.41) is 1.10. The molecule has 0 aliphatic heterocycles. The SMILES string of the molecule is CCSc1nc(C)cc(C)c1CN. The number of aromatic nitrogens is 1. The van der Waals surface area contributed by atoms with E-state index in [2.05, 4.69) is 24.9 Å². The summed E-state index contributed by atoms with van der Waals surface area (Å²) in [5.74, 6) is 1.04. The highest BCUT2D eigenvalue weighted by Gasteiger charge is 2.06. The number of thioether (sulfide) groups is 1. The van der Waals surface area contributed by atoms with Crippen molar-refractivity contribution in [3.63, 3.8) is 0 Å². The predicted molar refractivity (Wildman–Crippen MR) is 58.0 cm³/mol. The van der Waals surface area contributed by atoms with E-state index in [0.717, 1.165) is 16.5 Å². The molecular formula is C10H16N2S. The minimum Gasteiger partial charge on any atom is -0.326 e. The molecule has 1 heterocycles. The van der Waals surface area contributed by atoms with E-state index in [0.29, 0.717) is 6.54 Å². The molecule has 0 saturated carbocycles. The van der Waals surface area contributed by atoms with Crippen molar-refractivity contribution in [1.29, 1.82) is 0 Å². The van der Waals surface area contributed by atoms with Crippen LogP contribution < -0.4 is 5.73 Å². The van der Waals surface area contributed by atoms with E-state index in [1.165, 1.54) is 11.1 Å². The lowest BCUT2D eigenvalue weighted by molar-refractivity contribution is 0.922. The highest BCUT2D eigenvalue weighted by molar-refractivity contribution is 7.99. The maximum Gasteiger partial charge on any atom is 0.101 e. The topological polar surface area (TPSA) is 38.9 Å². The molecule has 3 heteroatoms. The first-order valence-corrected chi connectivity index (χ1v) is 5.47. The zero-order valence-electron chi connectivity index (χ0n) is 8.42. The highest BCUT2D eigenvalue weighted by atomic mass is 32.2. The Morgan fingerprint density at radius 2 is 2.15 bits per heavy atom. The standard InChI is InChI=1S/C10H16N2S/c1-4-13-10-9(6-11)7(2)5-8(3)12-10/h5H,4,6,11H2,1-3H3. The maximum atomic E-state index is 5.68. The van der Waals surface area contributed by atoms with Gasteiger partial charge in [0, 0.05) is 17.8 Å². The third-order valence-corrected chi connectivity index (χ3v) is 2.82. The monoisotopic (exact) mass is 196 g/mol. The molecular weight excluding hydrogens is 180 g/mol. The Labute approximate surface area is 83.9 Å². The van der Waals surface area contributed by atoms with Crippen LogP contribution in [0.5, 0.6) is 0 Å². The van der Waals surface area contributed by atoms with Crippen molar-refractivity contribution in [2.24, 2.45) is 5.73 Å². The fourth-order valence-electron chi connectivity index (χ4n) is 1.33. The van der Waals surface area contributed by atoms with Crippen LogP contribution in [0.15, 0.2) is 11.1 Å². The predicted octanol–water partition coefficient (Wildman–Crippen LogP) is 2.27. The van der Waals surface area contributed by atoms with Crippen LogP contribution in [0, 0.1) is 13.8 Å². The summed E-state index contributed by atoms with van der Waals surface area (Å²) < 4.78 is 0. The van der Waals surface area contributed by atoms with Crippen LogP contribution in [0.25, 0.3) is 0 Å². The Morgan fingerprint density at radius 3 is 2.69 bits per heavy atom. The molecule has 0 amide bonds. The first-order chi connectivity index (χ1) is 6.19. The molecule has 0 aromatic carbocycles. The molecule has 13 heavy (non-hydrogen) atoms. The van der Waals surface area contributed by atoms with E-state index in [9.17, 15) is 0 Å². The number of hydrogen-bond acceptors (Lipinski definition) is 3. The quantitative estimate of drug-likeness (QED) is 0.754. The van der Waals surface area contributed by atoms with Crippen molar-refractivity contribution in [1.82, 2.24) is 4.98 Å². The molecule has 1 aromatic rings. The maximum absolute atomic E-state index is 5.68. The van der Waals surface area contributed by atoms with Gasteiger partial charge >= 0.3 is 0 Å². The number of aryl methyl sites for hydroxylation is 2. The molecule has 1 aromatic heterocycles. The van der Waals surface area contributed by atoms with E-state index in [1.54, 1.807) is 11.8 Å². The third-order valence-electron chi connectivity index (χ3n) is 1.92. The van der Waals surface area contributed by atoms with Gasteiger partial charge in [0.2, 0.25) is 0 Å².